The molecule has 0 bridgehead atoms. The van der Waals surface area contributed by atoms with Crippen molar-refractivity contribution in [2.24, 2.45) is 5.92 Å². The third kappa shape index (κ3) is 3.48. The van der Waals surface area contributed by atoms with Crippen LogP contribution in [0.15, 0.2) is 30.3 Å². The molecule has 0 radical (unpaired) electrons. The molecule has 102 valence electrons. The van der Waals surface area contributed by atoms with Crippen molar-refractivity contribution in [3.8, 4) is 0 Å². The van der Waals surface area contributed by atoms with E-state index >= 15 is 0 Å². The van der Waals surface area contributed by atoms with E-state index in [0.29, 0.717) is 18.5 Å². The van der Waals surface area contributed by atoms with Gasteiger partial charge in [-0.3, -0.25) is 9.59 Å². The second-order valence-electron chi connectivity index (χ2n) is 4.49. The number of halogens is 3. The Balaban J connectivity index is 2.03. The molecular weight excluding hydrogens is 309 g/mol. The van der Waals surface area contributed by atoms with Gasteiger partial charge >= 0.3 is 0 Å². The van der Waals surface area contributed by atoms with Gasteiger partial charge in [-0.1, -0.05) is 65.1 Å². The van der Waals surface area contributed by atoms with Gasteiger partial charge in [0, 0.05) is 18.0 Å². The van der Waals surface area contributed by atoms with Gasteiger partial charge in [0.1, 0.15) is 0 Å². The molecule has 1 fully saturated rings. The number of carbonyl (C=O) groups excluding carboxylic acids is 2. The monoisotopic (exact) mass is 319 g/mol. The molecule has 0 aliphatic carbocycles. The van der Waals surface area contributed by atoms with Crippen molar-refractivity contribution in [1.29, 1.82) is 0 Å². The first-order valence-electron chi connectivity index (χ1n) is 5.83. The number of benzene rings is 1. The molecule has 2 atom stereocenters. The van der Waals surface area contributed by atoms with E-state index in [-0.39, 0.29) is 11.7 Å². The highest BCUT2D eigenvalue weighted by Gasteiger charge is 2.41. The Kier molecular flexibility index (Phi) is 4.51. The zero-order valence-corrected chi connectivity index (χ0v) is 12.2. The van der Waals surface area contributed by atoms with Crippen LogP contribution in [0.5, 0.6) is 0 Å². The molecule has 3 nitrogen and oxygen atoms in total. The first kappa shape index (κ1) is 14.8. The summed E-state index contributed by atoms with van der Waals surface area (Å²) in [5.41, 5.74) is 0.635. The van der Waals surface area contributed by atoms with Gasteiger partial charge in [-0.2, -0.15) is 0 Å². The maximum absolute atomic E-state index is 12.2. The highest BCUT2D eigenvalue weighted by atomic mass is 35.6. The highest BCUT2D eigenvalue weighted by molar-refractivity contribution is 6.76. The SMILES string of the molecule is O=C(c1ccccc1)C1CNC(C(=O)C(Cl)(Cl)Cl)C1. The molecule has 1 aromatic rings. The van der Waals surface area contributed by atoms with Crippen LogP contribution in [0.1, 0.15) is 16.8 Å². The third-order valence-electron chi connectivity index (χ3n) is 3.16. The van der Waals surface area contributed by atoms with Crippen LogP contribution < -0.4 is 5.32 Å². The van der Waals surface area contributed by atoms with E-state index in [0.717, 1.165) is 0 Å². The Morgan fingerprint density at radius 1 is 1.16 bits per heavy atom. The molecule has 6 heteroatoms. The Labute approximate surface area is 126 Å². The van der Waals surface area contributed by atoms with E-state index in [1.165, 1.54) is 0 Å². The number of hydrogen-bond donors (Lipinski definition) is 1. The molecule has 19 heavy (non-hydrogen) atoms. The van der Waals surface area contributed by atoms with Gasteiger partial charge in [0.15, 0.2) is 5.78 Å². The van der Waals surface area contributed by atoms with Crippen LogP contribution in [-0.4, -0.2) is 27.9 Å². The summed E-state index contributed by atoms with van der Waals surface area (Å²) < 4.78 is -1.94. The lowest BCUT2D eigenvalue weighted by Gasteiger charge is -2.15. The summed E-state index contributed by atoms with van der Waals surface area (Å²) in [5.74, 6) is -0.766. The van der Waals surface area contributed by atoms with Gasteiger partial charge in [-0.15, -0.1) is 0 Å². The fraction of sp³-hybridized carbons (Fsp3) is 0.385. The second-order valence-corrected chi connectivity index (χ2v) is 6.77. The molecule has 1 saturated heterocycles. The molecule has 2 rings (SSSR count). The number of nitrogens with one attached hydrogen (secondary N) is 1. The average Bonchev–Trinajstić information content (AvgIpc) is 2.86. The zero-order chi connectivity index (χ0) is 14.0. The lowest BCUT2D eigenvalue weighted by Crippen LogP contribution is -2.38. The Bertz CT molecular complexity index is 484. The van der Waals surface area contributed by atoms with Crippen LogP contribution in [0.2, 0.25) is 0 Å². The number of Topliss-reactive ketones (excluding diaryl/α,β-unsaturated/α-hetero) is 2. The molecule has 1 N–H and O–H groups in total. The lowest BCUT2D eigenvalue weighted by molar-refractivity contribution is -0.119. The van der Waals surface area contributed by atoms with Crippen molar-refractivity contribution in [3.05, 3.63) is 35.9 Å². The Morgan fingerprint density at radius 2 is 1.79 bits per heavy atom. The van der Waals surface area contributed by atoms with Gasteiger partial charge in [0.25, 0.3) is 0 Å². The second kappa shape index (κ2) is 5.80. The molecule has 1 aliphatic rings. The summed E-state index contributed by atoms with van der Waals surface area (Å²) >= 11 is 16.7. The van der Waals surface area contributed by atoms with Crippen molar-refractivity contribution in [1.82, 2.24) is 5.32 Å². The normalized spacial score (nSPS) is 23.3. The first-order valence-corrected chi connectivity index (χ1v) is 6.96. The number of alkyl halides is 3. The number of carbonyl (C=O) groups is 2. The molecule has 0 spiro atoms. The minimum absolute atomic E-state index is 0.00715. The first-order chi connectivity index (χ1) is 8.89. The van der Waals surface area contributed by atoms with E-state index in [1.54, 1.807) is 24.3 Å². The maximum atomic E-state index is 12.2. The predicted octanol–water partition coefficient (Wildman–Crippen LogP) is 2.79. The Morgan fingerprint density at radius 3 is 2.37 bits per heavy atom. The summed E-state index contributed by atoms with van der Waals surface area (Å²) in [5, 5.41) is 2.94. The van der Waals surface area contributed by atoms with Crippen molar-refractivity contribution >= 4 is 46.4 Å². The topological polar surface area (TPSA) is 46.2 Å². The Hall–Kier alpha value is -0.610. The summed E-state index contributed by atoms with van der Waals surface area (Å²) in [6.07, 6.45) is 0.362. The van der Waals surface area contributed by atoms with Gasteiger partial charge < -0.3 is 5.32 Å². The van der Waals surface area contributed by atoms with Crippen LogP contribution in [0, 0.1) is 5.92 Å². The van der Waals surface area contributed by atoms with Gasteiger partial charge in [0.2, 0.25) is 9.58 Å². The van der Waals surface area contributed by atoms with Crippen molar-refractivity contribution in [2.45, 2.75) is 16.3 Å². The van der Waals surface area contributed by atoms with Crippen LogP contribution in [0.4, 0.5) is 0 Å². The molecule has 0 saturated carbocycles. The van der Waals surface area contributed by atoms with Crippen molar-refractivity contribution in [2.75, 3.05) is 6.54 Å². The summed E-state index contributed by atoms with van der Waals surface area (Å²) in [6, 6.07) is 8.39. The van der Waals surface area contributed by atoms with Gasteiger partial charge in [0.05, 0.1) is 6.04 Å². The lowest BCUT2D eigenvalue weighted by atomic mass is 9.94. The van der Waals surface area contributed by atoms with Crippen LogP contribution in [0.25, 0.3) is 0 Å². The molecule has 1 heterocycles. The van der Waals surface area contributed by atoms with E-state index in [2.05, 4.69) is 5.32 Å². The smallest absolute Gasteiger partial charge is 0.250 e. The van der Waals surface area contributed by atoms with E-state index in [1.807, 2.05) is 6.07 Å². The molecule has 0 amide bonds. The minimum atomic E-state index is -1.94. The molecule has 0 aromatic heterocycles. The minimum Gasteiger partial charge on any atom is -0.307 e. The average molecular weight is 321 g/mol. The van der Waals surface area contributed by atoms with Crippen LogP contribution >= 0.6 is 34.8 Å². The number of ketones is 2. The number of rotatable bonds is 3. The molecule has 1 aromatic carbocycles. The fourth-order valence-corrected chi connectivity index (χ4v) is 2.57. The third-order valence-corrected chi connectivity index (χ3v) is 3.71. The highest BCUT2D eigenvalue weighted by Crippen LogP contribution is 2.31. The number of hydrogen-bond acceptors (Lipinski definition) is 3. The fourth-order valence-electron chi connectivity index (χ4n) is 2.17. The van der Waals surface area contributed by atoms with Crippen LogP contribution in [0.3, 0.4) is 0 Å². The molecule has 2 unspecified atom stereocenters. The summed E-state index contributed by atoms with van der Waals surface area (Å²) in [7, 11) is 0. The van der Waals surface area contributed by atoms with Crippen molar-refractivity contribution < 1.29 is 9.59 Å². The standard InChI is InChI=1S/C13H12Cl3NO2/c14-13(15,16)12(19)10-6-9(7-17-10)11(18)8-4-2-1-3-5-8/h1-5,9-10,17H,6-7H2. The zero-order valence-electron chi connectivity index (χ0n) is 9.91. The van der Waals surface area contributed by atoms with Gasteiger partial charge in [-0.05, 0) is 6.42 Å². The predicted molar refractivity (Wildman–Crippen MR) is 76.0 cm³/mol. The summed E-state index contributed by atoms with van der Waals surface area (Å²) in [4.78, 5) is 24.0. The van der Waals surface area contributed by atoms with E-state index in [9.17, 15) is 9.59 Å². The quantitative estimate of drug-likeness (QED) is 0.688. The largest absolute Gasteiger partial charge is 0.307 e. The molecule has 1 aliphatic heterocycles. The van der Waals surface area contributed by atoms with E-state index in [4.69, 9.17) is 34.8 Å². The molecular formula is C13H12Cl3NO2. The summed E-state index contributed by atoms with van der Waals surface area (Å²) in [6.45, 7) is 0.422. The maximum Gasteiger partial charge on any atom is 0.250 e. The van der Waals surface area contributed by atoms with Gasteiger partial charge in [-0.25, -0.2) is 0 Å². The van der Waals surface area contributed by atoms with Crippen molar-refractivity contribution in [3.63, 3.8) is 0 Å². The van der Waals surface area contributed by atoms with E-state index < -0.39 is 15.6 Å². The van der Waals surface area contributed by atoms with Crippen LogP contribution in [-0.2, 0) is 4.79 Å².